The summed E-state index contributed by atoms with van der Waals surface area (Å²) in [5.41, 5.74) is -0.123. The van der Waals surface area contributed by atoms with Gasteiger partial charge in [0.15, 0.2) is 0 Å². The first-order valence-corrected chi connectivity index (χ1v) is 7.34. The molecule has 0 amide bonds. The molecular weight excluding hydrogens is 270 g/mol. The van der Waals surface area contributed by atoms with E-state index in [2.05, 4.69) is 4.98 Å². The summed E-state index contributed by atoms with van der Waals surface area (Å²) in [7, 11) is 0.227. The third-order valence-electron chi connectivity index (χ3n) is 3.38. The van der Waals surface area contributed by atoms with Gasteiger partial charge in [-0.05, 0) is 26.6 Å². The Hall–Kier alpha value is -1.38. The molecule has 2 N–H and O–H groups in total. The zero-order valence-corrected chi connectivity index (χ0v) is 11.6. The van der Waals surface area contributed by atoms with E-state index in [1.165, 1.54) is 10.5 Å². The van der Waals surface area contributed by atoms with Crippen LogP contribution in [0.15, 0.2) is 17.2 Å². The van der Waals surface area contributed by atoms with Gasteiger partial charge in [0.25, 0.3) is 0 Å². The molecule has 2 heterocycles. The first-order chi connectivity index (χ1) is 8.82. The molecule has 1 atom stereocenters. The van der Waals surface area contributed by atoms with Crippen LogP contribution in [0.2, 0.25) is 0 Å². The van der Waals surface area contributed by atoms with Crippen molar-refractivity contribution in [1.29, 1.82) is 0 Å². The number of aromatic carboxylic acids is 1. The highest BCUT2D eigenvalue weighted by molar-refractivity contribution is 7.89. The third-order valence-corrected chi connectivity index (χ3v) is 5.22. The molecule has 1 aromatic rings. The molecule has 0 radical (unpaired) electrons. The van der Waals surface area contributed by atoms with Gasteiger partial charge in [0.2, 0.25) is 10.0 Å². The van der Waals surface area contributed by atoms with Crippen molar-refractivity contribution in [1.82, 2.24) is 14.2 Å². The summed E-state index contributed by atoms with van der Waals surface area (Å²) in [6, 6.07) is 1.35. The van der Waals surface area contributed by atoms with Crippen LogP contribution in [0.3, 0.4) is 0 Å². The highest BCUT2D eigenvalue weighted by Crippen LogP contribution is 2.23. The van der Waals surface area contributed by atoms with E-state index in [0.717, 1.165) is 12.5 Å². The number of nitrogens with zero attached hydrogens (tertiary/aromatic N) is 2. The Labute approximate surface area is 111 Å². The lowest BCUT2D eigenvalue weighted by molar-refractivity contribution is 0.0691. The van der Waals surface area contributed by atoms with Crippen LogP contribution in [0.1, 0.15) is 16.9 Å². The maximum atomic E-state index is 12.3. The van der Waals surface area contributed by atoms with Crippen LogP contribution in [0, 0.1) is 0 Å². The number of rotatable bonds is 4. The number of sulfonamides is 1. The molecule has 1 fully saturated rings. The van der Waals surface area contributed by atoms with E-state index in [4.69, 9.17) is 5.11 Å². The van der Waals surface area contributed by atoms with Gasteiger partial charge in [-0.2, -0.15) is 4.31 Å². The number of hydrogen-bond acceptors (Lipinski definition) is 4. The van der Waals surface area contributed by atoms with Gasteiger partial charge in [0.05, 0.1) is 0 Å². The molecule has 106 valence electrons. The van der Waals surface area contributed by atoms with E-state index in [9.17, 15) is 13.2 Å². The summed E-state index contributed by atoms with van der Waals surface area (Å²) in [6.45, 7) is 0.891. The van der Waals surface area contributed by atoms with E-state index < -0.39 is 16.0 Å². The first kappa shape index (κ1) is 14.0. The van der Waals surface area contributed by atoms with Gasteiger partial charge < -0.3 is 15.0 Å². The number of carboxylic acid groups (broad SMARTS) is 1. The highest BCUT2D eigenvalue weighted by atomic mass is 32.2. The number of likely N-dealkylation sites (N-methyl/N-ethyl adjacent to an activating group) is 1. The number of H-pyrrole nitrogens is 1. The number of nitrogens with one attached hydrogen (secondary N) is 1. The quantitative estimate of drug-likeness (QED) is 0.815. The SMILES string of the molecule is CN(C)C1CCN(S(=O)(=O)c2c[nH]c(C(=O)O)c2)C1. The van der Waals surface area contributed by atoms with Gasteiger partial charge in [-0.15, -0.1) is 0 Å². The number of carbonyl (C=O) groups is 1. The van der Waals surface area contributed by atoms with Crippen molar-refractivity contribution < 1.29 is 18.3 Å². The van der Waals surface area contributed by atoms with E-state index in [1.54, 1.807) is 0 Å². The standard InChI is InChI=1S/C11H17N3O4S/c1-13(2)8-3-4-14(7-8)19(17,18)9-5-10(11(15)16)12-6-9/h5-6,8,12H,3-4,7H2,1-2H3,(H,15,16). The van der Waals surface area contributed by atoms with Gasteiger partial charge in [-0.3, -0.25) is 0 Å². The van der Waals surface area contributed by atoms with Crippen LogP contribution in [0.4, 0.5) is 0 Å². The number of aromatic amines is 1. The lowest BCUT2D eigenvalue weighted by atomic mass is 10.2. The Morgan fingerprint density at radius 1 is 1.53 bits per heavy atom. The maximum Gasteiger partial charge on any atom is 0.352 e. The molecule has 7 nitrogen and oxygen atoms in total. The van der Waals surface area contributed by atoms with Crippen LogP contribution in [0.25, 0.3) is 0 Å². The minimum atomic E-state index is -3.61. The molecular formula is C11H17N3O4S. The molecule has 1 saturated heterocycles. The zero-order chi connectivity index (χ0) is 14.2. The zero-order valence-electron chi connectivity index (χ0n) is 10.8. The van der Waals surface area contributed by atoms with Crippen LogP contribution in [-0.4, -0.2) is 66.9 Å². The molecule has 0 aromatic carbocycles. The van der Waals surface area contributed by atoms with Gasteiger partial charge in [0.1, 0.15) is 10.6 Å². The molecule has 1 aromatic heterocycles. The molecule has 1 unspecified atom stereocenters. The van der Waals surface area contributed by atoms with Crippen LogP contribution in [0.5, 0.6) is 0 Å². The topological polar surface area (TPSA) is 93.7 Å². The molecule has 0 aliphatic carbocycles. The van der Waals surface area contributed by atoms with Crippen LogP contribution >= 0.6 is 0 Å². The molecule has 0 spiro atoms. The Balaban J connectivity index is 2.21. The molecule has 8 heteroatoms. The maximum absolute atomic E-state index is 12.3. The number of aromatic nitrogens is 1. The fraction of sp³-hybridized carbons (Fsp3) is 0.545. The largest absolute Gasteiger partial charge is 0.477 e. The third kappa shape index (κ3) is 2.65. The summed E-state index contributed by atoms with van der Waals surface area (Å²) in [5, 5.41) is 8.80. The number of carboxylic acids is 1. The monoisotopic (exact) mass is 287 g/mol. The smallest absolute Gasteiger partial charge is 0.352 e. The van der Waals surface area contributed by atoms with Crippen molar-refractivity contribution in [2.45, 2.75) is 17.4 Å². The lowest BCUT2D eigenvalue weighted by Crippen LogP contribution is -2.34. The van der Waals surface area contributed by atoms with E-state index in [-0.39, 0.29) is 16.6 Å². The molecule has 19 heavy (non-hydrogen) atoms. The second kappa shape index (κ2) is 4.95. The lowest BCUT2D eigenvalue weighted by Gasteiger charge is -2.19. The predicted molar refractivity (Wildman–Crippen MR) is 68.6 cm³/mol. The van der Waals surface area contributed by atoms with E-state index in [0.29, 0.717) is 13.1 Å². The molecule has 2 rings (SSSR count). The first-order valence-electron chi connectivity index (χ1n) is 5.90. The minimum Gasteiger partial charge on any atom is -0.477 e. The summed E-state index contributed by atoms with van der Waals surface area (Å²) < 4.78 is 26.1. The Morgan fingerprint density at radius 3 is 2.68 bits per heavy atom. The van der Waals surface area contributed by atoms with Gasteiger partial charge in [-0.1, -0.05) is 0 Å². The average Bonchev–Trinajstić information content (AvgIpc) is 2.99. The highest BCUT2D eigenvalue weighted by Gasteiger charge is 2.34. The molecule has 1 aliphatic rings. The van der Waals surface area contributed by atoms with E-state index >= 15 is 0 Å². The Kier molecular flexibility index (Phi) is 3.66. The Morgan fingerprint density at radius 2 is 2.21 bits per heavy atom. The van der Waals surface area contributed by atoms with Crippen molar-refractivity contribution in [2.24, 2.45) is 0 Å². The fourth-order valence-electron chi connectivity index (χ4n) is 2.15. The van der Waals surface area contributed by atoms with Crippen molar-refractivity contribution >= 4 is 16.0 Å². The number of hydrogen-bond donors (Lipinski definition) is 2. The van der Waals surface area contributed by atoms with Gasteiger partial charge in [0, 0.05) is 25.3 Å². The van der Waals surface area contributed by atoms with Gasteiger partial charge in [-0.25, -0.2) is 13.2 Å². The van der Waals surface area contributed by atoms with Crippen molar-refractivity contribution in [3.05, 3.63) is 18.0 Å². The predicted octanol–water partition coefficient (Wildman–Crippen LogP) is 0.0375. The Bertz CT molecular complexity index is 579. The summed E-state index contributed by atoms with van der Waals surface area (Å²) in [5.74, 6) is -1.17. The van der Waals surface area contributed by atoms with E-state index in [1.807, 2.05) is 19.0 Å². The fourth-order valence-corrected chi connectivity index (χ4v) is 3.63. The molecule has 0 bridgehead atoms. The van der Waals surface area contributed by atoms with Gasteiger partial charge >= 0.3 is 5.97 Å². The van der Waals surface area contributed by atoms with Crippen molar-refractivity contribution in [3.63, 3.8) is 0 Å². The van der Waals surface area contributed by atoms with Crippen LogP contribution in [-0.2, 0) is 10.0 Å². The normalized spacial score (nSPS) is 21.1. The molecule has 1 aliphatic heterocycles. The summed E-state index contributed by atoms with van der Waals surface area (Å²) in [6.07, 6.45) is 2.00. The van der Waals surface area contributed by atoms with Crippen molar-refractivity contribution in [3.8, 4) is 0 Å². The summed E-state index contributed by atoms with van der Waals surface area (Å²) in [4.78, 5) is 15.2. The second-order valence-corrected chi connectivity index (χ2v) is 6.76. The summed E-state index contributed by atoms with van der Waals surface area (Å²) >= 11 is 0. The average molecular weight is 287 g/mol. The minimum absolute atomic E-state index is 0.00399. The van der Waals surface area contributed by atoms with Crippen LogP contribution < -0.4 is 0 Å². The van der Waals surface area contributed by atoms with Crippen molar-refractivity contribution in [2.75, 3.05) is 27.2 Å². The second-order valence-electron chi connectivity index (χ2n) is 4.82. The molecule has 0 saturated carbocycles.